The molecule has 0 radical (unpaired) electrons. The topological polar surface area (TPSA) is 69.2 Å². The van der Waals surface area contributed by atoms with Crippen LogP contribution in [0.3, 0.4) is 0 Å². The number of benzene rings is 4. The van der Waals surface area contributed by atoms with Gasteiger partial charge in [-0.2, -0.15) is 0 Å². The maximum atomic E-state index is 13.0. The summed E-state index contributed by atoms with van der Waals surface area (Å²) in [5.41, 5.74) is 2.79. The van der Waals surface area contributed by atoms with Crippen molar-refractivity contribution in [1.29, 1.82) is 0 Å². The molecule has 0 bridgehead atoms. The number of rotatable bonds is 6. The zero-order chi connectivity index (χ0) is 20.9. The molecule has 0 aromatic heterocycles. The van der Waals surface area contributed by atoms with E-state index in [1.54, 1.807) is 24.3 Å². The molecule has 0 aliphatic heterocycles. The third kappa shape index (κ3) is 4.32. The number of hydrogen-bond acceptors (Lipinski definition) is 3. The van der Waals surface area contributed by atoms with E-state index in [1.165, 1.54) is 0 Å². The van der Waals surface area contributed by atoms with Gasteiger partial charge in [0.25, 0.3) is 0 Å². The second-order valence-electron chi connectivity index (χ2n) is 7.00. The van der Waals surface area contributed by atoms with Crippen molar-refractivity contribution in [1.82, 2.24) is 5.32 Å². The van der Waals surface area contributed by atoms with Gasteiger partial charge in [-0.05, 0) is 44.6 Å². The monoisotopic (exact) mass is 414 g/mol. The van der Waals surface area contributed by atoms with Gasteiger partial charge in [-0.15, -0.1) is 0 Å². The third-order valence-corrected chi connectivity index (χ3v) is 5.79. The fourth-order valence-corrected chi connectivity index (χ4v) is 4.23. The molecule has 4 aromatic carbocycles. The van der Waals surface area contributed by atoms with Crippen LogP contribution in [0.25, 0.3) is 10.8 Å². The molecule has 1 amide bonds. The molecule has 4 rings (SSSR count). The summed E-state index contributed by atoms with van der Waals surface area (Å²) in [4.78, 5) is 13.2. The van der Waals surface area contributed by atoms with Gasteiger partial charge in [-0.25, -0.2) is 0 Å². The van der Waals surface area contributed by atoms with E-state index < -0.39 is 11.1 Å². The Morgan fingerprint density at radius 3 is 1.93 bits per heavy atom. The molecule has 0 aliphatic carbocycles. The quantitative estimate of drug-likeness (QED) is 0.472. The van der Waals surface area contributed by atoms with E-state index in [0.717, 1.165) is 22.1 Å². The Bertz CT molecular complexity index is 1150. The van der Waals surface area contributed by atoms with Crippen LogP contribution in [0.1, 0.15) is 22.7 Å². The van der Waals surface area contributed by atoms with E-state index in [1.807, 2.05) is 72.8 Å². The average Bonchev–Trinajstić information content (AvgIpc) is 2.78. The number of carbonyl (C=O) groups is 1. The van der Waals surface area contributed by atoms with Gasteiger partial charge < -0.3 is 9.87 Å². The summed E-state index contributed by atoms with van der Waals surface area (Å²) < 4.78 is 23.1. The summed E-state index contributed by atoms with van der Waals surface area (Å²) in [5.74, 6) is -0.131. The Morgan fingerprint density at radius 1 is 0.767 bits per heavy atom. The van der Waals surface area contributed by atoms with Crippen LogP contribution in [0.15, 0.2) is 102 Å². The lowest BCUT2D eigenvalue weighted by molar-refractivity contribution is -0.120. The number of hydrogen-bond donors (Lipinski definition) is 1. The van der Waals surface area contributed by atoms with Crippen LogP contribution < -0.4 is 5.32 Å². The van der Waals surface area contributed by atoms with E-state index in [-0.39, 0.29) is 23.3 Å². The molecule has 1 unspecified atom stereocenters. The standard InChI is InChI=1S/C25H21NO3S/c27-24(17-20-13-7-15-22-21(20)14-8-16-23(22)30(28)29)26-25(18-9-3-1-4-10-18)19-11-5-2-6-12-19/h1-16,25H,17H2,(H,26,27)(H,28,29)/p-1. The first-order valence-electron chi connectivity index (χ1n) is 9.62. The number of nitrogens with one attached hydrogen (secondary N) is 1. The van der Waals surface area contributed by atoms with Crippen LogP contribution in [0.2, 0.25) is 0 Å². The molecule has 4 aromatic rings. The molecule has 30 heavy (non-hydrogen) atoms. The lowest BCUT2D eigenvalue weighted by Crippen LogP contribution is -2.30. The molecule has 5 heteroatoms. The van der Waals surface area contributed by atoms with Crippen LogP contribution in [0.4, 0.5) is 0 Å². The summed E-state index contributed by atoms with van der Waals surface area (Å²) in [5, 5.41) is 4.53. The first-order valence-corrected chi connectivity index (χ1v) is 10.7. The van der Waals surface area contributed by atoms with E-state index in [0.29, 0.717) is 5.39 Å². The van der Waals surface area contributed by atoms with E-state index in [4.69, 9.17) is 0 Å². The lowest BCUT2D eigenvalue weighted by Gasteiger charge is -2.20. The second-order valence-corrected chi connectivity index (χ2v) is 7.91. The Kier molecular flexibility index (Phi) is 6.02. The minimum absolute atomic E-state index is 0.131. The second kappa shape index (κ2) is 9.03. The Balaban J connectivity index is 1.63. The van der Waals surface area contributed by atoms with Crippen molar-refractivity contribution in [2.24, 2.45) is 0 Å². The molecule has 0 saturated heterocycles. The predicted octanol–water partition coefficient (Wildman–Crippen LogP) is 4.53. The molecule has 0 aliphatic rings. The fourth-order valence-electron chi connectivity index (χ4n) is 3.68. The van der Waals surface area contributed by atoms with Crippen molar-refractivity contribution < 1.29 is 13.6 Å². The van der Waals surface area contributed by atoms with Crippen molar-refractivity contribution in [3.05, 3.63) is 114 Å². The zero-order valence-corrected chi connectivity index (χ0v) is 17.0. The van der Waals surface area contributed by atoms with E-state index in [9.17, 15) is 13.6 Å². The van der Waals surface area contributed by atoms with Crippen molar-refractivity contribution in [3.63, 3.8) is 0 Å². The summed E-state index contributed by atoms with van der Waals surface area (Å²) in [6.45, 7) is 0. The molecule has 4 nitrogen and oxygen atoms in total. The van der Waals surface area contributed by atoms with Crippen LogP contribution in [0.5, 0.6) is 0 Å². The molecule has 0 saturated carbocycles. The Hall–Kier alpha value is -3.28. The van der Waals surface area contributed by atoms with Gasteiger partial charge in [0.05, 0.1) is 12.5 Å². The van der Waals surface area contributed by atoms with Crippen molar-refractivity contribution in [2.45, 2.75) is 17.4 Å². The van der Waals surface area contributed by atoms with E-state index >= 15 is 0 Å². The molecule has 0 heterocycles. The summed E-state index contributed by atoms with van der Waals surface area (Å²) >= 11 is -2.33. The first-order chi connectivity index (χ1) is 14.6. The Morgan fingerprint density at radius 2 is 1.33 bits per heavy atom. The molecular formula is C25H20NO3S-. The molecule has 0 spiro atoms. The van der Waals surface area contributed by atoms with Gasteiger partial charge in [-0.3, -0.25) is 9.00 Å². The number of fused-ring (bicyclic) bond motifs is 1. The van der Waals surface area contributed by atoms with Gasteiger partial charge in [0.1, 0.15) is 0 Å². The largest absolute Gasteiger partial charge is 0.768 e. The highest BCUT2D eigenvalue weighted by Crippen LogP contribution is 2.26. The fraction of sp³-hybridized carbons (Fsp3) is 0.0800. The molecule has 1 atom stereocenters. The van der Waals surface area contributed by atoms with Crippen LogP contribution in [0, 0.1) is 0 Å². The lowest BCUT2D eigenvalue weighted by atomic mass is 9.97. The van der Waals surface area contributed by atoms with Crippen LogP contribution in [-0.2, 0) is 22.3 Å². The van der Waals surface area contributed by atoms with Gasteiger partial charge in [0.15, 0.2) is 0 Å². The van der Waals surface area contributed by atoms with Crippen molar-refractivity contribution >= 4 is 27.8 Å². The minimum atomic E-state index is -2.33. The van der Waals surface area contributed by atoms with Gasteiger partial charge in [0, 0.05) is 4.90 Å². The van der Waals surface area contributed by atoms with E-state index in [2.05, 4.69) is 5.32 Å². The van der Waals surface area contributed by atoms with Gasteiger partial charge >= 0.3 is 0 Å². The minimum Gasteiger partial charge on any atom is -0.768 e. The highest BCUT2D eigenvalue weighted by molar-refractivity contribution is 7.79. The SMILES string of the molecule is O=C(Cc1cccc2c(S(=O)[O-])cccc12)NC(c1ccccc1)c1ccccc1. The maximum Gasteiger partial charge on any atom is 0.225 e. The molecule has 0 fully saturated rings. The normalized spacial score (nSPS) is 12.1. The van der Waals surface area contributed by atoms with Crippen LogP contribution in [-0.4, -0.2) is 14.7 Å². The molecule has 1 N–H and O–H groups in total. The van der Waals surface area contributed by atoms with Crippen molar-refractivity contribution in [3.8, 4) is 0 Å². The summed E-state index contributed by atoms with van der Waals surface area (Å²) in [7, 11) is 0. The summed E-state index contributed by atoms with van der Waals surface area (Å²) in [6, 6.07) is 29.9. The average molecular weight is 415 g/mol. The molecule has 150 valence electrons. The Labute approximate surface area is 177 Å². The first kappa shape index (κ1) is 20.0. The molecular weight excluding hydrogens is 394 g/mol. The number of amides is 1. The van der Waals surface area contributed by atoms with Crippen LogP contribution >= 0.6 is 0 Å². The van der Waals surface area contributed by atoms with Gasteiger partial charge in [0.2, 0.25) is 5.91 Å². The maximum absolute atomic E-state index is 13.0. The van der Waals surface area contributed by atoms with Gasteiger partial charge in [-0.1, -0.05) is 91.0 Å². The predicted molar refractivity (Wildman–Crippen MR) is 118 cm³/mol. The highest BCUT2D eigenvalue weighted by Gasteiger charge is 2.17. The number of carbonyl (C=O) groups excluding carboxylic acids is 1. The third-order valence-electron chi connectivity index (χ3n) is 5.07. The highest BCUT2D eigenvalue weighted by atomic mass is 32.2. The summed E-state index contributed by atoms with van der Waals surface area (Å²) in [6.07, 6.45) is 0.155. The zero-order valence-electron chi connectivity index (χ0n) is 16.2. The smallest absolute Gasteiger partial charge is 0.225 e. The van der Waals surface area contributed by atoms with Crippen molar-refractivity contribution in [2.75, 3.05) is 0 Å².